The summed E-state index contributed by atoms with van der Waals surface area (Å²) in [6.07, 6.45) is 1.62. The van der Waals surface area contributed by atoms with Crippen LogP contribution in [0.15, 0.2) is 74.0 Å². The maximum atomic E-state index is 13.9. The van der Waals surface area contributed by atoms with E-state index in [-0.39, 0.29) is 23.4 Å². The molecular formula is C31H29N3O8S. The number of nitro benzene ring substituents is 1. The van der Waals surface area contributed by atoms with E-state index in [4.69, 9.17) is 18.6 Å². The highest BCUT2D eigenvalue weighted by atomic mass is 32.1. The molecule has 0 aliphatic carbocycles. The number of nitro groups is 1. The summed E-state index contributed by atoms with van der Waals surface area (Å²) in [4.78, 5) is 42.8. The van der Waals surface area contributed by atoms with Crippen molar-refractivity contribution in [1.82, 2.24) is 4.57 Å². The van der Waals surface area contributed by atoms with Gasteiger partial charge in [0.1, 0.15) is 11.5 Å². The Labute approximate surface area is 250 Å². The average molecular weight is 604 g/mol. The van der Waals surface area contributed by atoms with E-state index in [0.717, 1.165) is 0 Å². The number of hydrogen-bond donors (Lipinski definition) is 0. The van der Waals surface area contributed by atoms with Crippen LogP contribution >= 0.6 is 11.3 Å². The van der Waals surface area contributed by atoms with Crippen LogP contribution < -0.4 is 24.4 Å². The first-order valence-corrected chi connectivity index (χ1v) is 14.3. The smallest absolute Gasteiger partial charge is 0.338 e. The quantitative estimate of drug-likeness (QED) is 0.153. The highest BCUT2D eigenvalue weighted by Crippen LogP contribution is 2.36. The predicted molar refractivity (Wildman–Crippen MR) is 160 cm³/mol. The second-order valence-electron chi connectivity index (χ2n) is 9.60. The number of methoxy groups -OCH3 is 1. The number of furan rings is 1. The summed E-state index contributed by atoms with van der Waals surface area (Å²) in [6.45, 7) is 7.61. The second kappa shape index (κ2) is 12.1. The lowest BCUT2D eigenvalue weighted by molar-refractivity contribution is -0.384. The van der Waals surface area contributed by atoms with Gasteiger partial charge in [-0.05, 0) is 69.2 Å². The Kier molecular flexibility index (Phi) is 8.31. The Morgan fingerprint density at radius 1 is 1.12 bits per heavy atom. The molecule has 5 rings (SSSR count). The zero-order chi connectivity index (χ0) is 30.8. The molecule has 0 amide bonds. The van der Waals surface area contributed by atoms with Crippen molar-refractivity contribution in [1.29, 1.82) is 0 Å². The zero-order valence-electron chi connectivity index (χ0n) is 24.2. The van der Waals surface area contributed by atoms with Gasteiger partial charge in [-0.25, -0.2) is 9.79 Å². The number of esters is 1. The number of non-ortho nitro benzene ring substituents is 1. The standard InChI is InChI=1S/C31H29N3O8S/c1-6-40-25-15-19(8-12-24(25)39-5)28-27(30(36)41-7-2)18(4)32-31-33(28)29(35)26(43-31)16-21-10-13-23(42-21)22-11-9-20(34(37)38)14-17(22)3/h8-16,28H,6-7H2,1-5H3/b26-16-/t28-/m0/s1. The number of allylic oxidation sites excluding steroid dienone is 1. The molecule has 0 bridgehead atoms. The van der Waals surface area contributed by atoms with Crippen molar-refractivity contribution in [2.75, 3.05) is 20.3 Å². The van der Waals surface area contributed by atoms with Gasteiger partial charge >= 0.3 is 5.97 Å². The molecule has 0 radical (unpaired) electrons. The monoisotopic (exact) mass is 603 g/mol. The van der Waals surface area contributed by atoms with Gasteiger partial charge < -0.3 is 18.6 Å². The molecule has 1 atom stereocenters. The molecule has 0 saturated carbocycles. The van der Waals surface area contributed by atoms with Crippen LogP contribution in [-0.4, -0.2) is 35.8 Å². The first-order chi connectivity index (χ1) is 20.7. The van der Waals surface area contributed by atoms with E-state index in [1.165, 1.54) is 35.1 Å². The van der Waals surface area contributed by atoms with Crippen LogP contribution in [-0.2, 0) is 9.53 Å². The zero-order valence-corrected chi connectivity index (χ0v) is 25.0. The van der Waals surface area contributed by atoms with E-state index < -0.39 is 16.9 Å². The maximum absolute atomic E-state index is 13.9. The lowest BCUT2D eigenvalue weighted by Gasteiger charge is -2.25. The molecule has 0 saturated heterocycles. The molecule has 1 aliphatic heterocycles. The molecule has 1 aliphatic rings. The second-order valence-corrected chi connectivity index (χ2v) is 10.6. The molecule has 0 spiro atoms. The van der Waals surface area contributed by atoms with Crippen LogP contribution in [0.5, 0.6) is 11.5 Å². The van der Waals surface area contributed by atoms with E-state index in [1.54, 1.807) is 63.2 Å². The van der Waals surface area contributed by atoms with Crippen molar-refractivity contribution in [3.63, 3.8) is 0 Å². The fraction of sp³-hybridized carbons (Fsp3) is 0.258. The highest BCUT2D eigenvalue weighted by Gasteiger charge is 2.34. The molecule has 2 aromatic carbocycles. The lowest BCUT2D eigenvalue weighted by atomic mass is 9.95. The number of aromatic nitrogens is 1. The molecule has 222 valence electrons. The summed E-state index contributed by atoms with van der Waals surface area (Å²) in [5.41, 5.74) is 2.34. The molecule has 11 nitrogen and oxygen atoms in total. The van der Waals surface area contributed by atoms with Crippen molar-refractivity contribution >= 4 is 29.1 Å². The van der Waals surface area contributed by atoms with Crippen LogP contribution in [0.1, 0.15) is 43.7 Å². The van der Waals surface area contributed by atoms with Gasteiger partial charge in [0.25, 0.3) is 11.2 Å². The number of ether oxygens (including phenoxy) is 3. The van der Waals surface area contributed by atoms with E-state index in [9.17, 15) is 19.7 Å². The predicted octanol–water partition coefficient (Wildman–Crippen LogP) is 4.68. The third-order valence-corrected chi connectivity index (χ3v) is 7.89. The van der Waals surface area contributed by atoms with Crippen LogP contribution in [0.25, 0.3) is 17.4 Å². The van der Waals surface area contributed by atoms with Crippen molar-refractivity contribution in [3.05, 3.63) is 106 Å². The number of fused-ring (bicyclic) bond motifs is 1. The van der Waals surface area contributed by atoms with E-state index in [2.05, 4.69) is 4.99 Å². The summed E-state index contributed by atoms with van der Waals surface area (Å²) in [6, 6.07) is 12.5. The van der Waals surface area contributed by atoms with Crippen molar-refractivity contribution in [3.8, 4) is 22.8 Å². The van der Waals surface area contributed by atoms with Gasteiger partial charge in [0.2, 0.25) is 0 Å². The number of benzene rings is 2. The van der Waals surface area contributed by atoms with Gasteiger partial charge in [-0.1, -0.05) is 17.4 Å². The third kappa shape index (κ3) is 5.61. The lowest BCUT2D eigenvalue weighted by Crippen LogP contribution is -2.39. The van der Waals surface area contributed by atoms with E-state index in [1.807, 2.05) is 6.92 Å². The number of thiazole rings is 1. The summed E-state index contributed by atoms with van der Waals surface area (Å²) in [5, 5.41) is 11.1. The number of nitrogens with zero attached hydrogens (tertiary/aromatic N) is 3. The summed E-state index contributed by atoms with van der Waals surface area (Å²) < 4.78 is 24.4. The van der Waals surface area contributed by atoms with Crippen molar-refractivity contribution < 1.29 is 28.3 Å². The van der Waals surface area contributed by atoms with Gasteiger partial charge in [0.05, 0.1) is 47.1 Å². The van der Waals surface area contributed by atoms with E-state index in [0.29, 0.717) is 61.3 Å². The van der Waals surface area contributed by atoms with Gasteiger partial charge in [-0.3, -0.25) is 19.5 Å². The minimum atomic E-state index is -0.822. The Balaban J connectivity index is 1.63. The molecule has 0 N–H and O–H groups in total. The van der Waals surface area contributed by atoms with Gasteiger partial charge in [0.15, 0.2) is 16.3 Å². The topological polar surface area (TPSA) is 135 Å². The molecule has 0 unspecified atom stereocenters. The number of carbonyl (C=O) groups excluding carboxylic acids is 1. The normalized spacial score (nSPS) is 14.7. The fourth-order valence-electron chi connectivity index (χ4n) is 4.98. The van der Waals surface area contributed by atoms with Crippen LogP contribution in [0.3, 0.4) is 0 Å². The summed E-state index contributed by atoms with van der Waals surface area (Å²) in [7, 11) is 1.54. The Morgan fingerprint density at radius 2 is 1.91 bits per heavy atom. The van der Waals surface area contributed by atoms with Crippen LogP contribution in [0, 0.1) is 17.0 Å². The van der Waals surface area contributed by atoms with Crippen molar-refractivity contribution in [2.24, 2.45) is 4.99 Å². The Hall–Kier alpha value is -4.97. The first kappa shape index (κ1) is 29.5. The van der Waals surface area contributed by atoms with Crippen LogP contribution in [0.4, 0.5) is 5.69 Å². The van der Waals surface area contributed by atoms with Crippen LogP contribution in [0.2, 0.25) is 0 Å². The Bertz CT molecular complexity index is 1950. The Morgan fingerprint density at radius 3 is 2.58 bits per heavy atom. The number of rotatable bonds is 9. The fourth-order valence-corrected chi connectivity index (χ4v) is 6.01. The molecule has 0 fully saturated rings. The molecular weight excluding hydrogens is 574 g/mol. The van der Waals surface area contributed by atoms with E-state index >= 15 is 0 Å². The average Bonchev–Trinajstić information content (AvgIpc) is 3.56. The summed E-state index contributed by atoms with van der Waals surface area (Å²) in [5.74, 6) is 1.36. The SMILES string of the molecule is CCOC(=O)C1=C(C)N=c2s/c(=C\c3ccc(-c4ccc([N+](=O)[O-])cc4C)o3)c(=O)n2[C@H]1c1ccc(OC)c(OCC)c1. The first-order valence-electron chi connectivity index (χ1n) is 13.5. The van der Waals surface area contributed by atoms with Gasteiger partial charge in [-0.15, -0.1) is 0 Å². The molecule has 3 heterocycles. The third-order valence-electron chi connectivity index (χ3n) is 6.91. The largest absolute Gasteiger partial charge is 0.493 e. The molecule has 2 aromatic heterocycles. The van der Waals surface area contributed by atoms with Gasteiger partial charge in [-0.2, -0.15) is 0 Å². The number of carbonyl (C=O) groups is 1. The summed E-state index contributed by atoms with van der Waals surface area (Å²) >= 11 is 1.17. The maximum Gasteiger partial charge on any atom is 0.338 e. The highest BCUT2D eigenvalue weighted by molar-refractivity contribution is 7.07. The number of hydrogen-bond acceptors (Lipinski definition) is 10. The minimum absolute atomic E-state index is 0.00795. The van der Waals surface area contributed by atoms with Crippen molar-refractivity contribution in [2.45, 2.75) is 33.7 Å². The molecule has 12 heteroatoms. The number of aryl methyl sites for hydroxylation is 1. The minimum Gasteiger partial charge on any atom is -0.493 e. The molecule has 4 aromatic rings. The molecule has 43 heavy (non-hydrogen) atoms. The van der Waals surface area contributed by atoms with Gasteiger partial charge in [0, 0.05) is 23.8 Å².